The second kappa shape index (κ2) is 11.9. The number of hydrogen-bond acceptors (Lipinski definition) is 13. The van der Waals surface area contributed by atoms with Crippen molar-refractivity contribution in [2.75, 3.05) is 20.4 Å². The number of carbonyl (C=O) groups is 1. The van der Waals surface area contributed by atoms with Crippen LogP contribution < -0.4 is 15.3 Å². The Morgan fingerprint density at radius 3 is 2.70 bits per heavy atom. The number of aliphatic hydroxyl groups excluding tert-OH is 1. The lowest BCUT2D eigenvalue weighted by atomic mass is 9.98. The van der Waals surface area contributed by atoms with Gasteiger partial charge in [0.1, 0.15) is 29.7 Å². The van der Waals surface area contributed by atoms with Crippen molar-refractivity contribution in [1.82, 2.24) is 9.99 Å². The molecule has 0 saturated carbocycles. The molecular formula is C24H34FN6O8P. The molecule has 4 N–H and O–H groups in total. The molecule has 40 heavy (non-hydrogen) atoms. The lowest BCUT2D eigenvalue weighted by molar-refractivity contribution is -0.149. The van der Waals surface area contributed by atoms with Gasteiger partial charge in [0.05, 0.1) is 26.5 Å². The summed E-state index contributed by atoms with van der Waals surface area (Å²) in [4.78, 5) is 26.4. The number of nitrogens with zero attached hydrogens (tertiary/aromatic N) is 4. The Morgan fingerprint density at radius 1 is 1.35 bits per heavy atom. The van der Waals surface area contributed by atoms with Crippen molar-refractivity contribution in [3.8, 4) is 5.75 Å². The third-order valence-electron chi connectivity index (χ3n) is 6.30. The smallest absolute Gasteiger partial charge is 0.459 e. The third-order valence-corrected chi connectivity index (χ3v) is 7.94. The van der Waals surface area contributed by atoms with Crippen LogP contribution in [0.2, 0.25) is 0 Å². The van der Waals surface area contributed by atoms with Gasteiger partial charge in [-0.2, -0.15) is 10.1 Å². The van der Waals surface area contributed by atoms with Crippen LogP contribution in [0.4, 0.5) is 4.39 Å². The van der Waals surface area contributed by atoms with E-state index in [9.17, 15) is 14.5 Å². The molecule has 1 fully saturated rings. The quantitative estimate of drug-likeness (QED) is 0.267. The zero-order chi connectivity index (χ0) is 29.2. The van der Waals surface area contributed by atoms with Crippen molar-refractivity contribution < 1.29 is 42.1 Å². The van der Waals surface area contributed by atoms with E-state index < -0.39 is 62.7 Å². The van der Waals surface area contributed by atoms with Gasteiger partial charge in [0.25, 0.3) is 0 Å². The van der Waals surface area contributed by atoms with Crippen LogP contribution in [0, 0.1) is 0 Å². The van der Waals surface area contributed by atoms with Crippen molar-refractivity contribution >= 4 is 31.3 Å². The minimum atomic E-state index is -4.28. The Labute approximate surface area is 231 Å². The van der Waals surface area contributed by atoms with Crippen molar-refractivity contribution in [2.24, 2.45) is 20.7 Å². The van der Waals surface area contributed by atoms with E-state index >= 15 is 4.39 Å². The fraction of sp³-hybridized carbons (Fsp3) is 0.583. The van der Waals surface area contributed by atoms with E-state index in [2.05, 4.69) is 20.1 Å². The van der Waals surface area contributed by atoms with E-state index in [1.165, 1.54) is 25.9 Å². The lowest BCUT2D eigenvalue weighted by Crippen LogP contribution is -2.54. The van der Waals surface area contributed by atoms with Crippen LogP contribution in [0.5, 0.6) is 5.75 Å². The predicted molar refractivity (Wildman–Crippen MR) is 143 cm³/mol. The number of nitrogens with two attached hydrogens (primary N) is 1. The van der Waals surface area contributed by atoms with Gasteiger partial charge in [-0.1, -0.05) is 18.2 Å². The number of esters is 1. The lowest BCUT2D eigenvalue weighted by Gasteiger charge is -2.34. The Balaban J connectivity index is 1.49. The molecule has 3 heterocycles. The number of methoxy groups -OCH3 is 1. The minimum absolute atomic E-state index is 0.0315. The number of alkyl halides is 1. The SMILES string of the molecule is COC1=NC(N)=NC2C1=NCN2[C@@H]1O[C@H](CO[P@@](=O)(N[C@@H](C)C(=O)OC(C)C)Oc2ccccc2)[C@@H](O)[C@@]1(C)F. The normalized spacial score (nSPS) is 30.6. The number of guanidine groups is 1. The summed E-state index contributed by atoms with van der Waals surface area (Å²) >= 11 is 0. The van der Waals surface area contributed by atoms with E-state index in [4.69, 9.17) is 29.0 Å². The first kappa shape index (κ1) is 30.0. The van der Waals surface area contributed by atoms with Gasteiger partial charge >= 0.3 is 13.7 Å². The highest BCUT2D eigenvalue weighted by molar-refractivity contribution is 7.52. The van der Waals surface area contributed by atoms with Crippen LogP contribution in [0.1, 0.15) is 27.7 Å². The van der Waals surface area contributed by atoms with Gasteiger partial charge in [0.2, 0.25) is 11.9 Å². The average Bonchev–Trinajstić information content (AvgIpc) is 3.40. The molecule has 0 spiro atoms. The standard InChI is InChI=1S/C24H34FN6O8P/c1-13(2)37-21(33)14(3)30-40(34,39-15-9-7-6-8-10-15)36-11-16-18(32)24(4,25)22(38-16)31-12-27-17-19(31)28-23(26)29-20(17)35-5/h6-10,13-14,16,18-19,22,32H,11-12H2,1-5H3,(H2,26,28)(H,30,34)/t14-,16+,18+,19?,22+,24+,40-/m0/s1. The van der Waals surface area contributed by atoms with Crippen molar-refractivity contribution in [3.05, 3.63) is 30.3 Å². The van der Waals surface area contributed by atoms with Gasteiger partial charge in [-0.25, -0.2) is 18.8 Å². The largest absolute Gasteiger partial charge is 0.480 e. The van der Waals surface area contributed by atoms with Crippen LogP contribution in [0.15, 0.2) is 45.3 Å². The number of aliphatic hydroxyl groups is 1. The summed E-state index contributed by atoms with van der Waals surface area (Å²) in [5.74, 6) is -0.426. The molecule has 0 aromatic heterocycles. The Bertz CT molecular complexity index is 1230. The minimum Gasteiger partial charge on any atom is -0.480 e. The molecule has 1 aromatic carbocycles. The highest BCUT2D eigenvalue weighted by atomic mass is 31.2. The van der Waals surface area contributed by atoms with Gasteiger partial charge in [-0.3, -0.25) is 14.3 Å². The maximum absolute atomic E-state index is 16.0. The molecule has 4 rings (SSSR count). The first-order valence-electron chi connectivity index (χ1n) is 12.6. The van der Waals surface area contributed by atoms with Crippen molar-refractivity contribution in [2.45, 2.75) is 70.1 Å². The van der Waals surface area contributed by atoms with Gasteiger partial charge < -0.3 is 29.6 Å². The van der Waals surface area contributed by atoms with Crippen LogP contribution in [0.3, 0.4) is 0 Å². The molecule has 1 aromatic rings. The van der Waals surface area contributed by atoms with Crippen LogP contribution >= 0.6 is 7.75 Å². The molecule has 1 saturated heterocycles. The van der Waals surface area contributed by atoms with E-state index in [0.717, 1.165) is 0 Å². The summed E-state index contributed by atoms with van der Waals surface area (Å²) in [6, 6.07) is 7.06. The van der Waals surface area contributed by atoms with Crippen molar-refractivity contribution in [1.29, 1.82) is 0 Å². The first-order valence-corrected chi connectivity index (χ1v) is 14.1. The summed E-state index contributed by atoms with van der Waals surface area (Å²) in [5.41, 5.74) is 3.82. The molecule has 1 unspecified atom stereocenters. The Hall–Kier alpha value is -2.94. The summed E-state index contributed by atoms with van der Waals surface area (Å²) in [6.45, 7) is 5.37. The number of fused-ring (bicyclic) bond motifs is 1. The van der Waals surface area contributed by atoms with Gasteiger partial charge in [0, 0.05) is 0 Å². The summed E-state index contributed by atoms with van der Waals surface area (Å²) in [5, 5.41) is 13.4. The number of para-hydroxylation sites is 1. The molecule has 0 aliphatic carbocycles. The summed E-state index contributed by atoms with van der Waals surface area (Å²) in [7, 11) is -2.88. The number of aliphatic imine (C=N–C) groups is 3. The fourth-order valence-electron chi connectivity index (χ4n) is 4.38. The molecule has 0 radical (unpaired) electrons. The summed E-state index contributed by atoms with van der Waals surface area (Å²) < 4.78 is 57.2. The van der Waals surface area contributed by atoms with E-state index in [1.54, 1.807) is 44.2 Å². The van der Waals surface area contributed by atoms with E-state index in [-0.39, 0.29) is 24.3 Å². The second-order valence-corrected chi connectivity index (χ2v) is 11.5. The zero-order valence-electron chi connectivity index (χ0n) is 22.8. The highest BCUT2D eigenvalue weighted by Crippen LogP contribution is 2.47. The second-order valence-electron chi connectivity index (χ2n) is 9.84. The average molecular weight is 585 g/mol. The number of halogens is 1. The Morgan fingerprint density at radius 2 is 2.05 bits per heavy atom. The third kappa shape index (κ3) is 6.35. The number of benzene rings is 1. The van der Waals surface area contributed by atoms with Gasteiger partial charge in [-0.15, -0.1) is 0 Å². The predicted octanol–water partition coefficient (Wildman–Crippen LogP) is 1.35. The van der Waals surface area contributed by atoms with Crippen LogP contribution in [0.25, 0.3) is 0 Å². The molecule has 16 heteroatoms. The Kier molecular flexibility index (Phi) is 8.93. The van der Waals surface area contributed by atoms with Crippen molar-refractivity contribution in [3.63, 3.8) is 0 Å². The molecule has 220 valence electrons. The highest BCUT2D eigenvalue weighted by Gasteiger charge is 2.59. The fourth-order valence-corrected chi connectivity index (χ4v) is 5.88. The molecular weight excluding hydrogens is 550 g/mol. The monoisotopic (exact) mass is 584 g/mol. The van der Waals surface area contributed by atoms with Gasteiger partial charge in [0.15, 0.2) is 18.1 Å². The van der Waals surface area contributed by atoms with E-state index in [0.29, 0.717) is 5.71 Å². The zero-order valence-corrected chi connectivity index (χ0v) is 23.7. The molecule has 7 atom stereocenters. The molecule has 3 aliphatic rings. The van der Waals surface area contributed by atoms with Gasteiger partial charge in [-0.05, 0) is 39.8 Å². The topological polar surface area (TPSA) is 179 Å². The maximum atomic E-state index is 16.0. The number of rotatable bonds is 10. The maximum Gasteiger partial charge on any atom is 0.459 e. The summed E-state index contributed by atoms with van der Waals surface area (Å²) in [6.07, 6.45) is -5.57. The number of carbonyl (C=O) groups excluding carboxylic acids is 1. The molecule has 0 bridgehead atoms. The molecule has 14 nitrogen and oxygen atoms in total. The van der Waals surface area contributed by atoms with Crippen LogP contribution in [-0.2, 0) is 28.1 Å². The first-order chi connectivity index (χ1) is 18.8. The molecule has 3 aliphatic heterocycles. The number of hydrogen-bond donors (Lipinski definition) is 3. The number of nitrogens with one attached hydrogen (secondary N) is 1. The van der Waals surface area contributed by atoms with Crippen LogP contribution in [-0.4, -0.2) is 96.3 Å². The number of ether oxygens (including phenoxy) is 3. The molecule has 0 amide bonds. The van der Waals surface area contributed by atoms with E-state index in [1.807, 2.05) is 0 Å².